The number of hydrogen-bond donors (Lipinski definition) is 3. The van der Waals surface area contributed by atoms with Crippen molar-refractivity contribution in [3.63, 3.8) is 0 Å². The van der Waals surface area contributed by atoms with Gasteiger partial charge in [-0.1, -0.05) is 13.8 Å². The molecule has 4 N–H and O–H groups in total. The van der Waals surface area contributed by atoms with Crippen molar-refractivity contribution >= 4 is 5.91 Å². The average molecular weight is 242 g/mol. The predicted molar refractivity (Wildman–Crippen MR) is 68.4 cm³/mol. The van der Waals surface area contributed by atoms with Crippen molar-refractivity contribution in [3.05, 3.63) is 0 Å². The van der Waals surface area contributed by atoms with Crippen molar-refractivity contribution in [2.24, 2.45) is 23.5 Å². The van der Waals surface area contributed by atoms with E-state index >= 15 is 0 Å². The molecular weight excluding hydrogens is 216 g/mol. The molecule has 1 aliphatic carbocycles. The van der Waals surface area contributed by atoms with E-state index in [0.717, 1.165) is 19.3 Å². The fourth-order valence-corrected chi connectivity index (χ4v) is 2.13. The van der Waals surface area contributed by atoms with Gasteiger partial charge in [-0.05, 0) is 43.6 Å². The molecule has 0 aromatic rings. The molecule has 4 heteroatoms. The van der Waals surface area contributed by atoms with Gasteiger partial charge in [0.25, 0.3) is 0 Å². The topological polar surface area (TPSA) is 75.4 Å². The number of hydrogen-bond acceptors (Lipinski definition) is 3. The Morgan fingerprint density at radius 1 is 1.47 bits per heavy atom. The molecule has 0 aromatic carbocycles. The first-order valence-corrected chi connectivity index (χ1v) is 6.67. The lowest BCUT2D eigenvalue weighted by Crippen LogP contribution is -2.35. The summed E-state index contributed by atoms with van der Waals surface area (Å²) in [6.07, 6.45) is 3.28. The third-order valence-corrected chi connectivity index (χ3v) is 3.29. The highest BCUT2D eigenvalue weighted by Gasteiger charge is 2.29. The molecule has 17 heavy (non-hydrogen) atoms. The van der Waals surface area contributed by atoms with Crippen molar-refractivity contribution in [2.75, 3.05) is 13.1 Å². The van der Waals surface area contributed by atoms with Gasteiger partial charge in [-0.15, -0.1) is 0 Å². The van der Waals surface area contributed by atoms with E-state index in [1.54, 1.807) is 0 Å². The minimum atomic E-state index is -0.361. The number of aliphatic hydroxyl groups excluding tert-OH is 1. The van der Waals surface area contributed by atoms with Gasteiger partial charge in [0, 0.05) is 13.0 Å². The number of nitrogens with two attached hydrogens (primary N) is 1. The highest BCUT2D eigenvalue weighted by molar-refractivity contribution is 5.76. The standard InChI is InChI=1S/C13H26N2O2/c1-9(2)5-10(7-14)6-13(17)15-8-12(16)11-3-4-11/h9-12,16H,3-8,14H2,1-2H3,(H,15,17). The summed E-state index contributed by atoms with van der Waals surface area (Å²) >= 11 is 0. The first kappa shape index (κ1) is 14.5. The number of amides is 1. The van der Waals surface area contributed by atoms with Crippen molar-refractivity contribution in [2.45, 2.75) is 45.6 Å². The van der Waals surface area contributed by atoms with Crippen LogP contribution in [-0.4, -0.2) is 30.2 Å². The Hall–Kier alpha value is -0.610. The van der Waals surface area contributed by atoms with Crippen LogP contribution >= 0.6 is 0 Å². The molecule has 1 amide bonds. The van der Waals surface area contributed by atoms with Gasteiger partial charge in [0.15, 0.2) is 0 Å². The Bertz CT molecular complexity index is 240. The second kappa shape index (κ2) is 6.97. The van der Waals surface area contributed by atoms with E-state index in [4.69, 9.17) is 5.73 Å². The van der Waals surface area contributed by atoms with Crippen molar-refractivity contribution < 1.29 is 9.90 Å². The maximum absolute atomic E-state index is 11.7. The second-order valence-corrected chi connectivity index (χ2v) is 5.64. The minimum absolute atomic E-state index is 0.0146. The van der Waals surface area contributed by atoms with Gasteiger partial charge in [-0.25, -0.2) is 0 Å². The lowest BCUT2D eigenvalue weighted by Gasteiger charge is -2.17. The van der Waals surface area contributed by atoms with Crippen LogP contribution in [0.1, 0.15) is 39.5 Å². The molecule has 2 unspecified atom stereocenters. The zero-order valence-corrected chi connectivity index (χ0v) is 11.0. The van der Waals surface area contributed by atoms with E-state index in [9.17, 15) is 9.90 Å². The maximum atomic E-state index is 11.7. The molecule has 1 rings (SSSR count). The molecule has 0 bridgehead atoms. The van der Waals surface area contributed by atoms with Gasteiger partial charge in [0.2, 0.25) is 5.91 Å². The summed E-state index contributed by atoms with van der Waals surface area (Å²) < 4.78 is 0. The summed E-state index contributed by atoms with van der Waals surface area (Å²) in [5.74, 6) is 1.25. The SMILES string of the molecule is CC(C)CC(CN)CC(=O)NCC(O)C1CC1. The second-order valence-electron chi connectivity index (χ2n) is 5.64. The van der Waals surface area contributed by atoms with Crippen LogP contribution in [0.15, 0.2) is 0 Å². The highest BCUT2D eigenvalue weighted by Crippen LogP contribution is 2.32. The molecule has 4 nitrogen and oxygen atoms in total. The minimum Gasteiger partial charge on any atom is -0.391 e. The van der Waals surface area contributed by atoms with Gasteiger partial charge in [0.1, 0.15) is 0 Å². The van der Waals surface area contributed by atoms with E-state index in [1.165, 1.54) is 0 Å². The number of rotatable bonds is 8. The van der Waals surface area contributed by atoms with Crippen LogP contribution in [-0.2, 0) is 4.79 Å². The number of carbonyl (C=O) groups excluding carboxylic acids is 1. The van der Waals surface area contributed by atoms with E-state index in [1.807, 2.05) is 0 Å². The van der Waals surface area contributed by atoms with E-state index in [0.29, 0.717) is 31.3 Å². The van der Waals surface area contributed by atoms with Crippen LogP contribution in [0.2, 0.25) is 0 Å². The summed E-state index contributed by atoms with van der Waals surface area (Å²) in [6.45, 7) is 5.22. The van der Waals surface area contributed by atoms with Crippen LogP contribution < -0.4 is 11.1 Å². The maximum Gasteiger partial charge on any atom is 0.220 e. The summed E-state index contributed by atoms with van der Waals surface area (Å²) in [4.78, 5) is 11.7. The molecule has 100 valence electrons. The fraction of sp³-hybridized carbons (Fsp3) is 0.923. The van der Waals surface area contributed by atoms with Gasteiger partial charge < -0.3 is 16.2 Å². The smallest absolute Gasteiger partial charge is 0.220 e. The third kappa shape index (κ3) is 6.03. The number of carbonyl (C=O) groups is 1. The van der Waals surface area contributed by atoms with Gasteiger partial charge in [-0.2, -0.15) is 0 Å². The highest BCUT2D eigenvalue weighted by atomic mass is 16.3. The Kier molecular flexibility index (Phi) is 5.92. The zero-order chi connectivity index (χ0) is 12.8. The summed E-state index contributed by atoms with van der Waals surface area (Å²) in [7, 11) is 0. The van der Waals surface area contributed by atoms with Crippen LogP contribution in [0, 0.1) is 17.8 Å². The van der Waals surface area contributed by atoms with Gasteiger partial charge >= 0.3 is 0 Å². The average Bonchev–Trinajstić information content (AvgIpc) is 3.08. The summed E-state index contributed by atoms with van der Waals surface area (Å²) in [5, 5.41) is 12.4. The normalized spacial score (nSPS) is 19.1. The monoisotopic (exact) mass is 242 g/mol. The molecule has 1 saturated carbocycles. The Morgan fingerprint density at radius 2 is 2.12 bits per heavy atom. The molecule has 1 fully saturated rings. The molecule has 2 atom stereocenters. The molecule has 0 aromatic heterocycles. The van der Waals surface area contributed by atoms with E-state index in [-0.39, 0.29) is 17.9 Å². The molecular formula is C13H26N2O2. The van der Waals surface area contributed by atoms with Crippen molar-refractivity contribution in [3.8, 4) is 0 Å². The lowest BCUT2D eigenvalue weighted by molar-refractivity contribution is -0.122. The van der Waals surface area contributed by atoms with Crippen LogP contribution in [0.3, 0.4) is 0 Å². The molecule has 0 aliphatic heterocycles. The van der Waals surface area contributed by atoms with Crippen LogP contribution in [0.25, 0.3) is 0 Å². The third-order valence-electron chi connectivity index (χ3n) is 3.29. The number of aliphatic hydroxyl groups is 1. The van der Waals surface area contributed by atoms with Crippen LogP contribution in [0.4, 0.5) is 0 Å². The molecule has 0 heterocycles. The fourth-order valence-electron chi connectivity index (χ4n) is 2.13. The summed E-state index contributed by atoms with van der Waals surface area (Å²) in [5.41, 5.74) is 5.65. The zero-order valence-electron chi connectivity index (χ0n) is 11.0. The quantitative estimate of drug-likeness (QED) is 0.591. The molecule has 1 aliphatic rings. The van der Waals surface area contributed by atoms with Crippen molar-refractivity contribution in [1.82, 2.24) is 5.32 Å². The first-order chi connectivity index (χ1) is 8.02. The predicted octanol–water partition coefficient (Wildman–Crippen LogP) is 0.885. The van der Waals surface area contributed by atoms with E-state index in [2.05, 4.69) is 19.2 Å². The molecule has 0 radical (unpaired) electrons. The summed E-state index contributed by atoms with van der Waals surface area (Å²) in [6, 6.07) is 0. The lowest BCUT2D eigenvalue weighted by atomic mass is 9.94. The Balaban J connectivity index is 2.17. The largest absolute Gasteiger partial charge is 0.391 e. The Morgan fingerprint density at radius 3 is 2.59 bits per heavy atom. The van der Waals surface area contributed by atoms with Crippen LogP contribution in [0.5, 0.6) is 0 Å². The molecule has 0 spiro atoms. The number of nitrogens with one attached hydrogen (secondary N) is 1. The Labute approximate surface area is 104 Å². The van der Waals surface area contributed by atoms with E-state index < -0.39 is 0 Å². The molecule has 0 saturated heterocycles. The van der Waals surface area contributed by atoms with Gasteiger partial charge in [0.05, 0.1) is 6.10 Å². The van der Waals surface area contributed by atoms with Gasteiger partial charge in [-0.3, -0.25) is 4.79 Å². The first-order valence-electron chi connectivity index (χ1n) is 6.67. The van der Waals surface area contributed by atoms with Crippen molar-refractivity contribution in [1.29, 1.82) is 0 Å².